The summed E-state index contributed by atoms with van der Waals surface area (Å²) in [6, 6.07) is 6.66. The first-order valence-electron chi connectivity index (χ1n) is 16.6. The summed E-state index contributed by atoms with van der Waals surface area (Å²) in [5.74, 6) is 0.400. The smallest absolute Gasteiger partial charge is 0.251 e. The molecular formula is C35H46N6O3. The Hall–Kier alpha value is -3.59. The molecule has 1 aromatic carbocycles. The molecule has 0 unspecified atom stereocenters. The Kier molecular flexibility index (Phi) is 7.77. The molecule has 4 aliphatic heterocycles. The minimum absolute atomic E-state index is 0.0275. The fourth-order valence-electron chi connectivity index (χ4n) is 8.23. The number of aryl methyl sites for hydroxylation is 1. The Morgan fingerprint density at radius 1 is 1.05 bits per heavy atom. The van der Waals surface area contributed by atoms with Gasteiger partial charge in [-0.15, -0.1) is 0 Å². The molecule has 5 aliphatic rings. The van der Waals surface area contributed by atoms with Crippen molar-refractivity contribution in [1.82, 2.24) is 14.8 Å². The molecule has 7 rings (SSSR count). The summed E-state index contributed by atoms with van der Waals surface area (Å²) >= 11 is 0. The number of piperazine rings is 1. The lowest BCUT2D eigenvalue weighted by Crippen LogP contribution is -2.65. The second-order valence-electron chi connectivity index (χ2n) is 13.4. The van der Waals surface area contributed by atoms with E-state index in [1.165, 1.54) is 54.1 Å². The molecule has 234 valence electrons. The predicted molar refractivity (Wildman–Crippen MR) is 174 cm³/mol. The summed E-state index contributed by atoms with van der Waals surface area (Å²) in [4.78, 5) is 42.6. The number of amides is 2. The summed E-state index contributed by atoms with van der Waals surface area (Å²) in [6.07, 6.45) is 10.6. The number of carbonyl (C=O) groups is 2. The van der Waals surface area contributed by atoms with E-state index in [-0.39, 0.29) is 17.9 Å². The highest BCUT2D eigenvalue weighted by atomic mass is 16.5. The van der Waals surface area contributed by atoms with E-state index in [9.17, 15) is 9.59 Å². The van der Waals surface area contributed by atoms with Gasteiger partial charge in [-0.25, -0.2) is 4.98 Å². The number of hydrogen-bond donors (Lipinski definition) is 0. The molecule has 44 heavy (non-hydrogen) atoms. The molecule has 2 aromatic rings. The Morgan fingerprint density at radius 3 is 2.68 bits per heavy atom. The lowest BCUT2D eigenvalue weighted by molar-refractivity contribution is -0.130. The van der Waals surface area contributed by atoms with Gasteiger partial charge in [-0.05, 0) is 88.7 Å². The van der Waals surface area contributed by atoms with E-state index in [1.807, 2.05) is 7.05 Å². The molecule has 9 heteroatoms. The van der Waals surface area contributed by atoms with Crippen LogP contribution in [0.25, 0.3) is 0 Å². The fraction of sp³-hybridized carbons (Fsp3) is 0.571. The van der Waals surface area contributed by atoms with Gasteiger partial charge in [-0.2, -0.15) is 0 Å². The number of aromatic nitrogens is 1. The third-order valence-electron chi connectivity index (χ3n) is 10.8. The number of anilines is 3. The minimum Gasteiger partial charge on any atom is -0.474 e. The molecule has 5 heterocycles. The maximum atomic E-state index is 13.9. The van der Waals surface area contributed by atoms with E-state index in [4.69, 9.17) is 9.72 Å². The van der Waals surface area contributed by atoms with E-state index in [0.29, 0.717) is 38.2 Å². The third-order valence-corrected chi connectivity index (χ3v) is 10.8. The molecule has 0 bridgehead atoms. The Morgan fingerprint density at radius 2 is 1.89 bits per heavy atom. The van der Waals surface area contributed by atoms with Crippen LogP contribution in [0, 0.1) is 0 Å². The molecular weight excluding hydrogens is 552 g/mol. The molecule has 9 nitrogen and oxygen atoms in total. The normalized spacial score (nSPS) is 25.2. The molecule has 1 aliphatic carbocycles. The Balaban J connectivity index is 1.30. The van der Waals surface area contributed by atoms with Gasteiger partial charge in [0.15, 0.2) is 0 Å². The first-order chi connectivity index (χ1) is 21.4. The van der Waals surface area contributed by atoms with Crippen LogP contribution in [0.1, 0.15) is 61.4 Å². The monoisotopic (exact) mass is 598 g/mol. The van der Waals surface area contributed by atoms with Crippen LogP contribution in [0.4, 0.5) is 17.1 Å². The number of hydrogen-bond acceptors (Lipinski definition) is 7. The Labute approximate surface area is 261 Å². The second kappa shape index (κ2) is 11.7. The highest BCUT2D eigenvalue weighted by molar-refractivity contribution is 6.08. The van der Waals surface area contributed by atoms with Crippen molar-refractivity contribution in [2.45, 2.75) is 83.0 Å². The van der Waals surface area contributed by atoms with E-state index in [2.05, 4.69) is 53.4 Å². The molecule has 3 atom stereocenters. The number of pyridine rings is 1. The molecule has 0 spiro atoms. The van der Waals surface area contributed by atoms with Crippen LogP contribution >= 0.6 is 0 Å². The lowest BCUT2D eigenvalue weighted by atomic mass is 9.93. The van der Waals surface area contributed by atoms with Crippen LogP contribution in [0.3, 0.4) is 0 Å². The number of benzene rings is 1. The molecule has 2 fully saturated rings. The van der Waals surface area contributed by atoms with Crippen molar-refractivity contribution in [1.29, 1.82) is 0 Å². The highest BCUT2D eigenvalue weighted by Gasteiger charge is 2.47. The van der Waals surface area contributed by atoms with Gasteiger partial charge < -0.3 is 29.2 Å². The van der Waals surface area contributed by atoms with Crippen molar-refractivity contribution < 1.29 is 14.3 Å². The number of fused-ring (bicyclic) bond motifs is 6. The van der Waals surface area contributed by atoms with Gasteiger partial charge in [0.05, 0.1) is 24.5 Å². The van der Waals surface area contributed by atoms with E-state index in [1.54, 1.807) is 9.80 Å². The lowest BCUT2D eigenvalue weighted by Gasteiger charge is -2.51. The van der Waals surface area contributed by atoms with Crippen LogP contribution in [-0.2, 0) is 35.4 Å². The minimum atomic E-state index is -0.448. The number of likely N-dealkylation sites (N-methyl/N-ethyl adjacent to an activating group) is 2. The van der Waals surface area contributed by atoms with E-state index in [0.717, 1.165) is 55.8 Å². The van der Waals surface area contributed by atoms with Crippen molar-refractivity contribution in [3.63, 3.8) is 0 Å². The first kappa shape index (κ1) is 29.1. The predicted octanol–water partition coefficient (Wildman–Crippen LogP) is 3.95. The molecule has 0 saturated carbocycles. The zero-order valence-electron chi connectivity index (χ0n) is 26.6. The van der Waals surface area contributed by atoms with E-state index >= 15 is 0 Å². The fourth-order valence-corrected chi connectivity index (χ4v) is 8.23. The van der Waals surface area contributed by atoms with Crippen molar-refractivity contribution in [3.8, 4) is 5.88 Å². The largest absolute Gasteiger partial charge is 0.474 e. The summed E-state index contributed by atoms with van der Waals surface area (Å²) < 4.78 is 6.61. The summed E-state index contributed by atoms with van der Waals surface area (Å²) in [6.45, 7) is 9.92. The quantitative estimate of drug-likeness (QED) is 0.381. The van der Waals surface area contributed by atoms with Crippen LogP contribution in [0.5, 0.6) is 5.88 Å². The second-order valence-corrected chi connectivity index (χ2v) is 13.4. The first-order valence-corrected chi connectivity index (χ1v) is 16.6. The van der Waals surface area contributed by atoms with Gasteiger partial charge >= 0.3 is 0 Å². The Bertz CT molecular complexity index is 1470. The average molecular weight is 599 g/mol. The van der Waals surface area contributed by atoms with Gasteiger partial charge in [0.25, 0.3) is 5.91 Å². The van der Waals surface area contributed by atoms with Gasteiger partial charge in [-0.3, -0.25) is 9.59 Å². The summed E-state index contributed by atoms with van der Waals surface area (Å²) in [5.41, 5.74) is 8.45. The van der Waals surface area contributed by atoms with Gasteiger partial charge in [0, 0.05) is 43.5 Å². The maximum absolute atomic E-state index is 13.9. The molecule has 0 N–H and O–H groups in total. The number of rotatable bonds is 5. The van der Waals surface area contributed by atoms with Crippen LogP contribution in [0.2, 0.25) is 0 Å². The van der Waals surface area contributed by atoms with Gasteiger partial charge in [-0.1, -0.05) is 25.1 Å². The number of likely N-dealkylation sites (tertiary alicyclic amines) is 1. The third kappa shape index (κ3) is 4.93. The standard InChI is InChI=1S/C35H46N6O3/c1-5-31(42)40-21-30-35(43)38(4)33-32(41(30)19-23(40)2)27-16-18-39(29-15-9-12-24-11-7-6-8-14-26(24)29)20-28(27)36-34(33)44-22-25-13-10-17-37(25)3/h5,9,12,15,23,25,30H,1,6-8,10-11,13-14,16-22H2,2-4H3/t23-,25+,30-/m1/s1. The van der Waals surface area contributed by atoms with Crippen molar-refractivity contribution in [2.24, 2.45) is 0 Å². The van der Waals surface area contributed by atoms with Crippen molar-refractivity contribution >= 4 is 28.9 Å². The molecule has 0 radical (unpaired) electrons. The number of carbonyl (C=O) groups excluding carboxylic acids is 2. The zero-order chi connectivity index (χ0) is 30.5. The average Bonchev–Trinajstić information content (AvgIpc) is 3.29. The summed E-state index contributed by atoms with van der Waals surface area (Å²) in [7, 11) is 4.00. The molecule has 2 amide bonds. The summed E-state index contributed by atoms with van der Waals surface area (Å²) in [5, 5.41) is 0. The number of nitrogens with zero attached hydrogens (tertiary/aromatic N) is 6. The van der Waals surface area contributed by atoms with Crippen LogP contribution in [-0.4, -0.2) is 91.6 Å². The molecule has 2 saturated heterocycles. The zero-order valence-corrected chi connectivity index (χ0v) is 26.6. The van der Waals surface area contributed by atoms with Crippen LogP contribution < -0.4 is 19.4 Å². The van der Waals surface area contributed by atoms with Crippen molar-refractivity contribution in [3.05, 3.63) is 53.2 Å². The molecule has 1 aromatic heterocycles. The van der Waals surface area contributed by atoms with Crippen LogP contribution in [0.15, 0.2) is 30.9 Å². The SMILES string of the molecule is C=CC(=O)N1C[C@@H]2C(=O)N(C)c3c(OC[C@@H]4CCCN4C)nc4c(c3N2C[C@H]1C)CCN(c1cccc2c1CCCCC2)C4. The number of ether oxygens (including phenoxy) is 1. The van der Waals surface area contributed by atoms with E-state index < -0.39 is 6.04 Å². The van der Waals surface area contributed by atoms with Crippen molar-refractivity contribution in [2.75, 3.05) is 61.6 Å². The van der Waals surface area contributed by atoms with Gasteiger partial charge in [0.2, 0.25) is 11.8 Å². The topological polar surface area (TPSA) is 72.5 Å². The highest BCUT2D eigenvalue weighted by Crippen LogP contribution is 2.48. The maximum Gasteiger partial charge on any atom is 0.251 e. The van der Waals surface area contributed by atoms with Gasteiger partial charge in [0.1, 0.15) is 18.3 Å².